The summed E-state index contributed by atoms with van der Waals surface area (Å²) in [6.07, 6.45) is -0.794. The Labute approximate surface area is 378 Å². The minimum absolute atomic E-state index is 0.0111. The summed E-state index contributed by atoms with van der Waals surface area (Å²) in [6.45, 7) is 4.83. The van der Waals surface area contributed by atoms with Gasteiger partial charge in [-0.15, -0.1) is 23.5 Å². The monoisotopic (exact) mass is 879 g/mol. The first kappa shape index (κ1) is 46.2. The van der Waals surface area contributed by atoms with Crippen LogP contribution < -0.4 is 16.0 Å². The second-order valence-electron chi connectivity index (χ2n) is 15.7. The standard InChI is InChI=1S/C52H53N3O6S2/c1-51(2,3)61-46(56)34-53-48(57)44(36-62-47(39-24-12-5-13-25-39)40-26-14-6-15-27-40)54-49(58)45(55-50(59)60-35-38-22-10-4-11-23-38)37-63-52(41-28-16-7-17-29-41,42-30-18-8-19-31-42)43-32-20-9-21-33-43/h4-33,44-45,47H,34-37H2,1-3H3,(H,53,57)(H,54,58)(H,55,59). The van der Waals surface area contributed by atoms with Crippen LogP contribution in [0, 0.1) is 0 Å². The first-order valence-corrected chi connectivity index (χ1v) is 22.8. The normalized spacial score (nSPS) is 12.4. The van der Waals surface area contributed by atoms with Crippen LogP contribution in [0.15, 0.2) is 182 Å². The van der Waals surface area contributed by atoms with E-state index in [1.807, 2.05) is 146 Å². The smallest absolute Gasteiger partial charge is 0.408 e. The van der Waals surface area contributed by atoms with Crippen molar-refractivity contribution < 1.29 is 28.7 Å². The number of amides is 3. The number of carbonyl (C=O) groups excluding carboxylic acids is 4. The summed E-state index contributed by atoms with van der Waals surface area (Å²) < 4.78 is 10.3. The molecule has 0 spiro atoms. The quantitative estimate of drug-likeness (QED) is 0.0544. The van der Waals surface area contributed by atoms with Crippen molar-refractivity contribution in [2.75, 3.05) is 18.1 Å². The van der Waals surface area contributed by atoms with Crippen LogP contribution in [-0.2, 0) is 35.2 Å². The van der Waals surface area contributed by atoms with E-state index in [-0.39, 0.29) is 23.4 Å². The van der Waals surface area contributed by atoms with Gasteiger partial charge in [0, 0.05) is 11.5 Å². The topological polar surface area (TPSA) is 123 Å². The molecule has 0 aromatic heterocycles. The second kappa shape index (κ2) is 22.7. The molecule has 0 saturated heterocycles. The SMILES string of the molecule is CC(C)(C)OC(=O)CNC(=O)C(CSC(c1ccccc1)c1ccccc1)NC(=O)C(CSC(c1ccccc1)(c1ccccc1)c1ccccc1)NC(=O)OCc1ccccc1. The molecule has 11 heteroatoms. The van der Waals surface area contributed by atoms with Crippen molar-refractivity contribution in [1.29, 1.82) is 0 Å². The number of ether oxygens (including phenoxy) is 2. The maximum atomic E-state index is 14.8. The average molecular weight is 880 g/mol. The number of hydrogen-bond donors (Lipinski definition) is 3. The van der Waals surface area contributed by atoms with Gasteiger partial charge in [-0.05, 0) is 54.2 Å². The number of alkyl carbamates (subject to hydrolysis) is 1. The van der Waals surface area contributed by atoms with Crippen molar-refractivity contribution >= 4 is 47.4 Å². The number of hydrogen-bond acceptors (Lipinski definition) is 8. The maximum absolute atomic E-state index is 14.8. The lowest BCUT2D eigenvalue weighted by Crippen LogP contribution is -2.56. The zero-order valence-electron chi connectivity index (χ0n) is 35.6. The van der Waals surface area contributed by atoms with Gasteiger partial charge in [0.15, 0.2) is 0 Å². The van der Waals surface area contributed by atoms with Crippen LogP contribution in [0.4, 0.5) is 4.79 Å². The van der Waals surface area contributed by atoms with Crippen LogP contribution in [0.1, 0.15) is 59.4 Å². The molecule has 0 fully saturated rings. The van der Waals surface area contributed by atoms with E-state index in [4.69, 9.17) is 9.47 Å². The summed E-state index contributed by atoms with van der Waals surface area (Å²) in [5.41, 5.74) is 4.98. The first-order chi connectivity index (χ1) is 30.5. The van der Waals surface area contributed by atoms with Crippen LogP contribution in [0.2, 0.25) is 0 Å². The van der Waals surface area contributed by atoms with Crippen LogP contribution in [0.25, 0.3) is 0 Å². The second-order valence-corrected chi connectivity index (χ2v) is 18.1. The van der Waals surface area contributed by atoms with Gasteiger partial charge >= 0.3 is 12.1 Å². The average Bonchev–Trinajstić information content (AvgIpc) is 3.31. The van der Waals surface area contributed by atoms with Crippen LogP contribution in [0.5, 0.6) is 0 Å². The van der Waals surface area contributed by atoms with Gasteiger partial charge in [0.2, 0.25) is 11.8 Å². The molecule has 2 atom stereocenters. The highest BCUT2D eigenvalue weighted by molar-refractivity contribution is 8.00. The molecule has 0 aliphatic heterocycles. The molecule has 0 heterocycles. The Morgan fingerprint density at radius 2 is 0.968 bits per heavy atom. The lowest BCUT2D eigenvalue weighted by molar-refractivity contribution is -0.154. The molecule has 0 radical (unpaired) electrons. The van der Waals surface area contributed by atoms with E-state index in [0.717, 1.165) is 33.4 Å². The molecule has 0 aliphatic rings. The number of carbonyl (C=O) groups is 4. The fourth-order valence-electron chi connectivity index (χ4n) is 7.02. The van der Waals surface area contributed by atoms with E-state index in [1.54, 1.807) is 20.8 Å². The fraction of sp³-hybridized carbons (Fsp3) is 0.231. The zero-order valence-corrected chi connectivity index (χ0v) is 37.3. The predicted molar refractivity (Wildman–Crippen MR) is 253 cm³/mol. The molecule has 6 aromatic carbocycles. The van der Waals surface area contributed by atoms with E-state index in [1.165, 1.54) is 23.5 Å². The molecule has 6 aromatic rings. The summed E-state index contributed by atoms with van der Waals surface area (Å²) in [5, 5.41) is 8.32. The summed E-state index contributed by atoms with van der Waals surface area (Å²) in [6, 6.07) is 56.9. The lowest BCUT2D eigenvalue weighted by atomic mass is 9.84. The molecule has 0 bridgehead atoms. The zero-order chi connectivity index (χ0) is 44.5. The Morgan fingerprint density at radius 3 is 1.43 bits per heavy atom. The Morgan fingerprint density at radius 1 is 0.540 bits per heavy atom. The minimum atomic E-state index is -1.18. The minimum Gasteiger partial charge on any atom is -0.459 e. The maximum Gasteiger partial charge on any atom is 0.408 e. The highest BCUT2D eigenvalue weighted by Gasteiger charge is 2.39. The van der Waals surface area contributed by atoms with Crippen LogP contribution >= 0.6 is 23.5 Å². The number of thioether (sulfide) groups is 2. The third kappa shape index (κ3) is 13.3. The van der Waals surface area contributed by atoms with E-state index in [0.29, 0.717) is 0 Å². The summed E-state index contributed by atoms with van der Waals surface area (Å²) >= 11 is 2.97. The molecular formula is C52H53N3O6S2. The van der Waals surface area contributed by atoms with E-state index in [2.05, 4.69) is 52.3 Å². The molecule has 3 amide bonds. The van der Waals surface area contributed by atoms with Gasteiger partial charge in [0.05, 0.1) is 10.00 Å². The third-order valence-corrected chi connectivity index (χ3v) is 13.0. The Balaban J connectivity index is 1.33. The van der Waals surface area contributed by atoms with Gasteiger partial charge in [0.25, 0.3) is 0 Å². The van der Waals surface area contributed by atoms with E-state index in [9.17, 15) is 19.2 Å². The molecule has 3 N–H and O–H groups in total. The van der Waals surface area contributed by atoms with Crippen molar-refractivity contribution in [3.05, 3.63) is 215 Å². The van der Waals surface area contributed by atoms with Crippen LogP contribution in [0.3, 0.4) is 0 Å². The largest absolute Gasteiger partial charge is 0.459 e. The van der Waals surface area contributed by atoms with Gasteiger partial charge in [0.1, 0.15) is 30.8 Å². The molecule has 2 unspecified atom stereocenters. The number of benzene rings is 6. The fourth-order valence-corrected chi connectivity index (χ4v) is 9.89. The Hall–Kier alpha value is -6.30. The van der Waals surface area contributed by atoms with Crippen molar-refractivity contribution in [3.8, 4) is 0 Å². The highest BCUT2D eigenvalue weighted by Crippen LogP contribution is 2.48. The molecule has 0 aliphatic carbocycles. The molecule has 324 valence electrons. The Bertz CT molecular complexity index is 2220. The van der Waals surface area contributed by atoms with Gasteiger partial charge < -0.3 is 25.4 Å². The molecule has 6 rings (SSSR count). The van der Waals surface area contributed by atoms with Crippen LogP contribution in [-0.4, -0.2) is 59.6 Å². The van der Waals surface area contributed by atoms with Gasteiger partial charge in [-0.25, -0.2) is 4.79 Å². The summed E-state index contributed by atoms with van der Waals surface area (Å²) in [7, 11) is 0. The van der Waals surface area contributed by atoms with Crippen molar-refractivity contribution in [2.24, 2.45) is 0 Å². The molecule has 63 heavy (non-hydrogen) atoms. The predicted octanol–water partition coefficient (Wildman–Crippen LogP) is 9.47. The summed E-state index contributed by atoms with van der Waals surface area (Å²) in [4.78, 5) is 55.4. The van der Waals surface area contributed by atoms with Gasteiger partial charge in [-0.2, -0.15) is 0 Å². The van der Waals surface area contributed by atoms with Crippen molar-refractivity contribution in [2.45, 2.75) is 55.1 Å². The van der Waals surface area contributed by atoms with E-state index >= 15 is 0 Å². The first-order valence-electron chi connectivity index (χ1n) is 20.8. The van der Waals surface area contributed by atoms with Crippen molar-refractivity contribution in [3.63, 3.8) is 0 Å². The van der Waals surface area contributed by atoms with Gasteiger partial charge in [-0.3, -0.25) is 14.4 Å². The number of rotatable bonds is 19. The Kier molecular flexibility index (Phi) is 16.6. The molecular weight excluding hydrogens is 827 g/mol. The molecule has 9 nitrogen and oxygen atoms in total. The highest BCUT2D eigenvalue weighted by atomic mass is 32.2. The number of nitrogens with one attached hydrogen (secondary N) is 3. The molecule has 0 saturated carbocycles. The summed E-state index contributed by atoms with van der Waals surface area (Å²) in [5.74, 6) is -1.60. The van der Waals surface area contributed by atoms with E-state index < -0.39 is 52.9 Å². The third-order valence-electron chi connectivity index (χ3n) is 9.92. The van der Waals surface area contributed by atoms with Gasteiger partial charge in [-0.1, -0.05) is 182 Å². The lowest BCUT2D eigenvalue weighted by Gasteiger charge is -2.36. The van der Waals surface area contributed by atoms with Crippen molar-refractivity contribution in [1.82, 2.24) is 16.0 Å². The number of esters is 1.